The van der Waals surface area contributed by atoms with Gasteiger partial charge in [0.1, 0.15) is 6.04 Å². The lowest BCUT2D eigenvalue weighted by Gasteiger charge is -2.42. The van der Waals surface area contributed by atoms with Crippen LogP contribution in [0.1, 0.15) is 87.3 Å². The number of aromatic amines is 1. The predicted octanol–water partition coefficient (Wildman–Crippen LogP) is 2.70. The van der Waals surface area contributed by atoms with E-state index in [1.54, 1.807) is 42.9 Å². The van der Waals surface area contributed by atoms with Gasteiger partial charge in [0, 0.05) is 51.9 Å². The van der Waals surface area contributed by atoms with E-state index < -0.39 is 5.41 Å². The number of fused-ring (bicyclic) bond motifs is 2. The van der Waals surface area contributed by atoms with E-state index in [-0.39, 0.29) is 36.3 Å². The van der Waals surface area contributed by atoms with Gasteiger partial charge in [-0.25, -0.2) is 0 Å². The van der Waals surface area contributed by atoms with Crippen LogP contribution in [0.3, 0.4) is 0 Å². The summed E-state index contributed by atoms with van der Waals surface area (Å²) in [6.07, 6.45) is 6.57. The quantitative estimate of drug-likeness (QED) is 0.364. The second-order valence-electron chi connectivity index (χ2n) is 13.5. The molecule has 2 aromatic carbocycles. The highest BCUT2D eigenvalue weighted by atomic mass is 16.2. The molecule has 3 aromatic rings. The first-order valence-electron chi connectivity index (χ1n) is 16.5. The maximum atomic E-state index is 13.4. The first-order chi connectivity index (χ1) is 22.6. The van der Waals surface area contributed by atoms with Crippen LogP contribution >= 0.6 is 0 Å². The van der Waals surface area contributed by atoms with E-state index in [1.165, 1.54) is 0 Å². The van der Waals surface area contributed by atoms with Gasteiger partial charge >= 0.3 is 0 Å². The lowest BCUT2D eigenvalue weighted by molar-refractivity contribution is -0.130. The first kappa shape index (κ1) is 32.3. The number of carbonyl (C=O) groups is 3. The zero-order valence-corrected chi connectivity index (χ0v) is 27.6. The van der Waals surface area contributed by atoms with Gasteiger partial charge in [-0.3, -0.25) is 14.4 Å². The molecule has 2 heterocycles. The van der Waals surface area contributed by atoms with Crippen molar-refractivity contribution in [3.8, 4) is 6.07 Å². The predicted molar refractivity (Wildman–Crippen MR) is 174 cm³/mol. The van der Waals surface area contributed by atoms with Crippen LogP contribution in [-0.2, 0) is 23.1 Å². The van der Waals surface area contributed by atoms with Gasteiger partial charge in [0.05, 0.1) is 18.0 Å². The number of hydrogen-bond acceptors (Lipinski definition) is 8. The highest BCUT2D eigenvalue weighted by Gasteiger charge is 2.48. The zero-order chi connectivity index (χ0) is 33.3. The molecule has 246 valence electrons. The Bertz CT molecular complexity index is 1620. The molecule has 0 spiro atoms. The van der Waals surface area contributed by atoms with Crippen LogP contribution in [0.5, 0.6) is 0 Å². The fraction of sp³-hybridized carbons (Fsp3) is 0.514. The van der Waals surface area contributed by atoms with Crippen molar-refractivity contribution in [2.45, 2.75) is 68.9 Å². The summed E-state index contributed by atoms with van der Waals surface area (Å²) in [7, 11) is 6.98. The van der Waals surface area contributed by atoms with Crippen LogP contribution in [0, 0.1) is 17.2 Å². The monoisotopic (exact) mass is 637 g/mol. The number of nitriles is 1. The van der Waals surface area contributed by atoms with Crippen LogP contribution in [0.4, 0.5) is 0 Å². The summed E-state index contributed by atoms with van der Waals surface area (Å²) in [4.78, 5) is 44.5. The second kappa shape index (κ2) is 13.2. The van der Waals surface area contributed by atoms with Crippen LogP contribution in [0.2, 0.25) is 0 Å². The molecule has 2 fully saturated rings. The van der Waals surface area contributed by atoms with Gasteiger partial charge in [0.15, 0.2) is 5.82 Å². The molecule has 1 saturated heterocycles. The van der Waals surface area contributed by atoms with E-state index in [4.69, 9.17) is 0 Å². The molecule has 0 radical (unpaired) electrons. The van der Waals surface area contributed by atoms with E-state index >= 15 is 0 Å². The molecule has 1 saturated carbocycles. The Balaban J connectivity index is 1.48. The summed E-state index contributed by atoms with van der Waals surface area (Å²) in [5.74, 6) is 0.609. The van der Waals surface area contributed by atoms with Gasteiger partial charge in [-0.1, -0.05) is 23.8 Å². The van der Waals surface area contributed by atoms with Gasteiger partial charge in [-0.15, -0.1) is 10.2 Å². The van der Waals surface area contributed by atoms with E-state index in [1.807, 2.05) is 36.4 Å². The van der Waals surface area contributed by atoms with Crippen molar-refractivity contribution in [3.63, 3.8) is 0 Å². The molecule has 3 amide bonds. The number of tetrazole rings is 1. The van der Waals surface area contributed by atoms with Crippen LogP contribution < -0.4 is 5.32 Å². The molecule has 1 aliphatic heterocycles. The second-order valence-corrected chi connectivity index (χ2v) is 13.5. The Hall–Kier alpha value is -4.63. The van der Waals surface area contributed by atoms with Crippen molar-refractivity contribution in [1.29, 1.82) is 5.26 Å². The van der Waals surface area contributed by atoms with Crippen LogP contribution in [-0.4, -0.2) is 106 Å². The van der Waals surface area contributed by atoms with E-state index in [9.17, 15) is 19.6 Å². The molecular weight excluding hydrogens is 594 g/mol. The Kier molecular flexibility index (Phi) is 9.10. The molecule has 1 aromatic heterocycles. The SMILES string of the molecule is CN(C)C(=O)c1ccc2c(c1)CCc1cc(C(=O)N(C)C)ccc1C2(C[C@H](NCC(=O)N1CCCC1C#N)C1CCC1)c1nn[nH]n1. The largest absolute Gasteiger partial charge is 0.345 e. The number of aromatic nitrogens is 4. The average molecular weight is 638 g/mol. The Morgan fingerprint density at radius 3 is 2.09 bits per heavy atom. The van der Waals surface area contributed by atoms with Crippen molar-refractivity contribution in [3.05, 3.63) is 75.6 Å². The average Bonchev–Trinajstić information content (AvgIpc) is 3.74. The number of likely N-dealkylation sites (tertiary alicyclic amines) is 1. The van der Waals surface area contributed by atoms with E-state index in [2.05, 4.69) is 32.0 Å². The fourth-order valence-corrected chi connectivity index (χ4v) is 7.62. The third kappa shape index (κ3) is 6.00. The third-order valence-electron chi connectivity index (χ3n) is 10.3. The Morgan fingerprint density at radius 1 is 0.979 bits per heavy atom. The molecule has 0 bridgehead atoms. The number of benzene rings is 2. The lowest BCUT2D eigenvalue weighted by Crippen LogP contribution is -2.50. The molecule has 12 heteroatoms. The van der Waals surface area contributed by atoms with E-state index in [0.29, 0.717) is 55.1 Å². The van der Waals surface area contributed by atoms with Gasteiger partial charge in [0.25, 0.3) is 11.8 Å². The van der Waals surface area contributed by atoms with Crippen molar-refractivity contribution < 1.29 is 14.4 Å². The summed E-state index contributed by atoms with van der Waals surface area (Å²) in [5.41, 5.74) is 4.30. The van der Waals surface area contributed by atoms with Crippen LogP contribution in [0.15, 0.2) is 36.4 Å². The first-order valence-corrected chi connectivity index (χ1v) is 16.5. The third-order valence-corrected chi connectivity index (χ3v) is 10.3. The number of H-pyrrole nitrogens is 1. The number of rotatable bonds is 9. The van der Waals surface area contributed by atoms with Gasteiger partial charge < -0.3 is 20.0 Å². The lowest BCUT2D eigenvalue weighted by atomic mass is 9.64. The molecule has 1 unspecified atom stereocenters. The highest BCUT2D eigenvalue weighted by Crippen LogP contribution is 2.49. The summed E-state index contributed by atoms with van der Waals surface area (Å²) < 4.78 is 0. The van der Waals surface area contributed by atoms with Crippen molar-refractivity contribution in [1.82, 2.24) is 40.6 Å². The molecule has 2 aliphatic carbocycles. The zero-order valence-electron chi connectivity index (χ0n) is 27.6. The van der Waals surface area contributed by atoms with Gasteiger partial charge in [-0.2, -0.15) is 10.5 Å². The number of hydrogen-bond donors (Lipinski definition) is 2. The van der Waals surface area contributed by atoms with Crippen LogP contribution in [0.25, 0.3) is 0 Å². The van der Waals surface area contributed by atoms with Crippen molar-refractivity contribution in [2.75, 3.05) is 41.3 Å². The highest BCUT2D eigenvalue weighted by molar-refractivity contribution is 5.95. The molecule has 3 aliphatic rings. The molecule has 47 heavy (non-hydrogen) atoms. The molecular formula is C35H43N9O3. The smallest absolute Gasteiger partial charge is 0.253 e. The van der Waals surface area contributed by atoms with Crippen molar-refractivity contribution in [2.24, 2.45) is 5.92 Å². The minimum Gasteiger partial charge on any atom is -0.345 e. The number of aryl methyl sites for hydroxylation is 2. The minimum atomic E-state index is -0.896. The topological polar surface area (TPSA) is 151 Å². The molecule has 2 atom stereocenters. The summed E-state index contributed by atoms with van der Waals surface area (Å²) in [6.45, 7) is 0.732. The Morgan fingerprint density at radius 2 is 1.60 bits per heavy atom. The molecule has 6 rings (SSSR count). The normalized spacial score (nSPS) is 19.0. The van der Waals surface area contributed by atoms with Gasteiger partial charge in [-0.05, 0) is 97.4 Å². The standard InChI is InChI=1S/C35H43N9O3/c1-42(2)32(46)25-12-14-28-23(17-25)10-11-24-18-26(33(47)43(3)4)13-15-29(24)35(28,34-38-40-41-39-34)19-30(22-7-5-8-22)37-21-31(45)44-16-6-9-27(44)20-36/h12-15,17-18,22,27,30,37H,5-11,16,19,21H2,1-4H3,(H,38,39,40,41)/t27?,30-/m0/s1. The fourth-order valence-electron chi connectivity index (χ4n) is 7.62. The van der Waals surface area contributed by atoms with Crippen molar-refractivity contribution >= 4 is 17.7 Å². The number of amides is 3. The number of nitrogens with one attached hydrogen (secondary N) is 2. The number of carbonyl (C=O) groups excluding carboxylic acids is 3. The van der Waals surface area contributed by atoms with Gasteiger partial charge in [0.2, 0.25) is 5.91 Å². The minimum absolute atomic E-state index is 0.0627. The summed E-state index contributed by atoms with van der Waals surface area (Å²) in [6, 6.07) is 13.6. The maximum Gasteiger partial charge on any atom is 0.253 e. The Labute approximate surface area is 275 Å². The summed E-state index contributed by atoms with van der Waals surface area (Å²) >= 11 is 0. The summed E-state index contributed by atoms with van der Waals surface area (Å²) in [5, 5.41) is 29.2. The number of nitrogens with zero attached hydrogens (tertiary/aromatic N) is 7. The molecule has 2 N–H and O–H groups in total. The molecule has 12 nitrogen and oxygen atoms in total. The maximum absolute atomic E-state index is 13.4. The van der Waals surface area contributed by atoms with E-state index in [0.717, 1.165) is 47.9 Å².